The summed E-state index contributed by atoms with van der Waals surface area (Å²) in [5, 5.41) is 5.96. The number of pyridine rings is 2. The number of hydrogen-bond acceptors (Lipinski definition) is 5. The molecule has 5 rings (SSSR count). The lowest BCUT2D eigenvalue weighted by Gasteiger charge is -2.33. The topological polar surface area (TPSA) is 84.1 Å². The fourth-order valence-corrected chi connectivity index (χ4v) is 4.43. The molecule has 3 N–H and O–H groups in total. The third-order valence-corrected chi connectivity index (χ3v) is 6.28. The van der Waals surface area contributed by atoms with Gasteiger partial charge in [0.25, 0.3) is 5.91 Å². The number of hydrogen-bond donors (Lipinski definition) is 2. The van der Waals surface area contributed by atoms with Crippen LogP contribution in [0.2, 0.25) is 0 Å². The SMILES string of the molecule is Cc1ccc(C(=O)N2CCC(Nc3cc(-c4cccc(N)c4)cc4ccncc34)CC2)cn1. The molecule has 2 aromatic heterocycles. The van der Waals surface area contributed by atoms with Gasteiger partial charge in [0.2, 0.25) is 0 Å². The Balaban J connectivity index is 1.34. The lowest BCUT2D eigenvalue weighted by molar-refractivity contribution is 0.0718. The average molecular weight is 438 g/mol. The minimum Gasteiger partial charge on any atom is -0.399 e. The molecule has 3 heterocycles. The highest BCUT2D eigenvalue weighted by Crippen LogP contribution is 2.32. The van der Waals surface area contributed by atoms with E-state index in [1.165, 1.54) is 0 Å². The van der Waals surface area contributed by atoms with Crippen molar-refractivity contribution in [3.8, 4) is 11.1 Å². The number of amides is 1. The van der Waals surface area contributed by atoms with Crippen molar-refractivity contribution < 1.29 is 4.79 Å². The predicted octanol–water partition coefficient (Wildman–Crippen LogP) is 4.90. The minimum atomic E-state index is 0.0549. The van der Waals surface area contributed by atoms with Crippen LogP contribution in [-0.2, 0) is 0 Å². The van der Waals surface area contributed by atoms with E-state index in [0.717, 1.165) is 64.9 Å². The van der Waals surface area contributed by atoms with Crippen LogP contribution in [0.25, 0.3) is 21.9 Å². The first-order valence-electron chi connectivity index (χ1n) is 11.3. The number of nitrogens with two attached hydrogens (primary N) is 1. The Morgan fingerprint density at radius 3 is 2.64 bits per heavy atom. The summed E-state index contributed by atoms with van der Waals surface area (Å²) < 4.78 is 0. The number of piperidine rings is 1. The lowest BCUT2D eigenvalue weighted by Crippen LogP contribution is -2.42. The molecule has 0 saturated carbocycles. The molecule has 6 heteroatoms. The molecule has 1 aliphatic rings. The van der Waals surface area contributed by atoms with Gasteiger partial charge < -0.3 is 16.0 Å². The summed E-state index contributed by atoms with van der Waals surface area (Å²) in [6.07, 6.45) is 7.16. The van der Waals surface area contributed by atoms with Crippen LogP contribution < -0.4 is 11.1 Å². The first-order valence-corrected chi connectivity index (χ1v) is 11.3. The van der Waals surface area contributed by atoms with Crippen LogP contribution in [0.5, 0.6) is 0 Å². The number of carbonyl (C=O) groups is 1. The average Bonchev–Trinajstić information content (AvgIpc) is 2.84. The van der Waals surface area contributed by atoms with Crippen molar-refractivity contribution >= 4 is 28.1 Å². The molecule has 0 radical (unpaired) electrons. The van der Waals surface area contributed by atoms with E-state index in [4.69, 9.17) is 5.73 Å². The number of nitrogens with zero attached hydrogens (tertiary/aromatic N) is 3. The Hall–Kier alpha value is -3.93. The van der Waals surface area contributed by atoms with Crippen LogP contribution in [-0.4, -0.2) is 39.9 Å². The van der Waals surface area contributed by atoms with Gasteiger partial charge in [0.1, 0.15) is 0 Å². The molecule has 0 unspecified atom stereocenters. The summed E-state index contributed by atoms with van der Waals surface area (Å²) in [6, 6.07) is 18.4. The van der Waals surface area contributed by atoms with Crippen LogP contribution in [0.1, 0.15) is 28.9 Å². The maximum Gasteiger partial charge on any atom is 0.255 e. The van der Waals surface area contributed by atoms with Crippen LogP contribution in [0.3, 0.4) is 0 Å². The number of anilines is 2. The fraction of sp³-hybridized carbons (Fsp3) is 0.222. The number of rotatable bonds is 4. The Morgan fingerprint density at radius 1 is 1.03 bits per heavy atom. The van der Waals surface area contributed by atoms with Crippen molar-refractivity contribution in [2.75, 3.05) is 24.1 Å². The molecule has 1 amide bonds. The molecule has 1 fully saturated rings. The zero-order valence-electron chi connectivity index (χ0n) is 18.7. The van der Waals surface area contributed by atoms with Crippen molar-refractivity contribution in [3.05, 3.63) is 84.4 Å². The Morgan fingerprint density at radius 2 is 1.88 bits per heavy atom. The van der Waals surface area contributed by atoms with Crippen LogP contribution in [0.15, 0.2) is 73.2 Å². The summed E-state index contributed by atoms with van der Waals surface area (Å²) in [6.45, 7) is 3.36. The molecule has 1 aliphatic heterocycles. The first kappa shape index (κ1) is 20.9. The standard InChI is InChI=1S/C27H27N5O/c1-18-5-6-21(16-30-18)27(33)32-11-8-24(9-12-32)31-26-15-22(19-3-2-4-23(28)14-19)13-20-7-10-29-17-25(20)26/h2-7,10,13-17,24,31H,8-9,11-12,28H2,1H3. The van der Waals surface area contributed by atoms with E-state index >= 15 is 0 Å². The summed E-state index contributed by atoms with van der Waals surface area (Å²) in [4.78, 5) is 23.3. The van der Waals surface area contributed by atoms with E-state index in [2.05, 4.69) is 33.5 Å². The van der Waals surface area contributed by atoms with E-state index in [-0.39, 0.29) is 11.9 Å². The van der Waals surface area contributed by atoms with Gasteiger partial charge in [-0.05, 0) is 78.7 Å². The van der Waals surface area contributed by atoms with Crippen molar-refractivity contribution in [2.45, 2.75) is 25.8 Å². The highest BCUT2D eigenvalue weighted by Gasteiger charge is 2.24. The largest absolute Gasteiger partial charge is 0.399 e. The van der Waals surface area contributed by atoms with Gasteiger partial charge in [-0.15, -0.1) is 0 Å². The molecule has 2 aromatic carbocycles. The normalized spacial score (nSPS) is 14.4. The van der Waals surface area contributed by atoms with E-state index in [1.54, 1.807) is 6.20 Å². The number of nitrogen functional groups attached to an aromatic ring is 1. The van der Waals surface area contributed by atoms with Crippen molar-refractivity contribution in [1.82, 2.24) is 14.9 Å². The zero-order chi connectivity index (χ0) is 22.8. The lowest BCUT2D eigenvalue weighted by atomic mass is 9.98. The van der Waals surface area contributed by atoms with E-state index < -0.39 is 0 Å². The first-order chi connectivity index (χ1) is 16.1. The molecular weight excluding hydrogens is 410 g/mol. The third-order valence-electron chi connectivity index (χ3n) is 6.28. The van der Waals surface area contributed by atoms with E-state index in [9.17, 15) is 4.79 Å². The van der Waals surface area contributed by atoms with Gasteiger partial charge in [0.05, 0.1) is 5.56 Å². The second-order valence-corrected chi connectivity index (χ2v) is 8.65. The van der Waals surface area contributed by atoms with Gasteiger partial charge >= 0.3 is 0 Å². The maximum atomic E-state index is 12.8. The van der Waals surface area contributed by atoms with Gasteiger partial charge in [-0.3, -0.25) is 14.8 Å². The van der Waals surface area contributed by atoms with Gasteiger partial charge in [-0.25, -0.2) is 0 Å². The van der Waals surface area contributed by atoms with Crippen LogP contribution in [0, 0.1) is 6.92 Å². The molecule has 0 bridgehead atoms. The zero-order valence-corrected chi connectivity index (χ0v) is 18.7. The van der Waals surface area contributed by atoms with E-state index in [1.807, 2.05) is 60.6 Å². The van der Waals surface area contributed by atoms with Gasteiger partial charge in [-0.1, -0.05) is 12.1 Å². The number of aromatic nitrogens is 2. The molecule has 0 aliphatic carbocycles. The molecule has 166 valence electrons. The second-order valence-electron chi connectivity index (χ2n) is 8.65. The molecule has 33 heavy (non-hydrogen) atoms. The third kappa shape index (κ3) is 4.51. The Bertz CT molecular complexity index is 1290. The number of likely N-dealkylation sites (tertiary alicyclic amines) is 1. The number of benzene rings is 2. The molecule has 0 atom stereocenters. The van der Waals surface area contributed by atoms with Crippen LogP contribution >= 0.6 is 0 Å². The van der Waals surface area contributed by atoms with E-state index in [0.29, 0.717) is 5.56 Å². The van der Waals surface area contributed by atoms with Crippen molar-refractivity contribution in [3.63, 3.8) is 0 Å². The van der Waals surface area contributed by atoms with Crippen molar-refractivity contribution in [2.24, 2.45) is 0 Å². The number of nitrogens with one attached hydrogen (secondary N) is 1. The molecule has 0 spiro atoms. The summed E-state index contributed by atoms with van der Waals surface area (Å²) in [7, 11) is 0. The Labute approximate surface area is 193 Å². The highest BCUT2D eigenvalue weighted by atomic mass is 16.2. The number of carbonyl (C=O) groups excluding carboxylic acids is 1. The molecule has 1 saturated heterocycles. The number of aryl methyl sites for hydroxylation is 1. The van der Waals surface area contributed by atoms with Crippen LogP contribution in [0.4, 0.5) is 11.4 Å². The molecular formula is C27H27N5O. The minimum absolute atomic E-state index is 0.0549. The quantitative estimate of drug-likeness (QED) is 0.444. The fourth-order valence-electron chi connectivity index (χ4n) is 4.43. The van der Waals surface area contributed by atoms with Crippen molar-refractivity contribution in [1.29, 1.82) is 0 Å². The molecule has 4 aromatic rings. The van der Waals surface area contributed by atoms with Gasteiger partial charge in [-0.2, -0.15) is 0 Å². The number of fused-ring (bicyclic) bond motifs is 1. The monoisotopic (exact) mass is 437 g/mol. The summed E-state index contributed by atoms with van der Waals surface area (Å²) in [5.41, 5.74) is 11.6. The smallest absolute Gasteiger partial charge is 0.255 e. The predicted molar refractivity (Wildman–Crippen MR) is 133 cm³/mol. The summed E-state index contributed by atoms with van der Waals surface area (Å²) >= 11 is 0. The van der Waals surface area contributed by atoms with Gasteiger partial charge in [0, 0.05) is 60.2 Å². The Kier molecular flexibility index (Phi) is 5.65. The maximum absolute atomic E-state index is 12.8. The van der Waals surface area contributed by atoms with Gasteiger partial charge in [0.15, 0.2) is 0 Å². The highest BCUT2D eigenvalue weighted by molar-refractivity contribution is 5.97. The molecule has 6 nitrogen and oxygen atoms in total. The second kappa shape index (κ2) is 8.90. The summed E-state index contributed by atoms with van der Waals surface area (Å²) in [5.74, 6) is 0.0549.